The molecule has 0 spiro atoms. The van der Waals surface area contributed by atoms with E-state index in [0.717, 1.165) is 19.8 Å². The highest BCUT2D eigenvalue weighted by atomic mass is 79.9. The molecule has 100 valence electrons. The van der Waals surface area contributed by atoms with Crippen LogP contribution in [0.15, 0.2) is 50.7 Å². The molecule has 0 saturated heterocycles. The number of rotatable bonds is 3. The number of aryl methyl sites for hydroxylation is 1. The van der Waals surface area contributed by atoms with E-state index in [-0.39, 0.29) is 11.9 Å². The standard InChI is InChI=1S/C15H15BrFNS/c1-9-7-15(11(10(2)18)8-13(9)17)19-14-6-4-3-5-12(14)16/h3-8,10H,18H2,1-2H3. The van der Waals surface area contributed by atoms with E-state index in [0.29, 0.717) is 5.56 Å². The SMILES string of the molecule is Cc1cc(Sc2ccccc2Br)c(C(C)N)cc1F. The molecule has 0 amide bonds. The zero-order chi connectivity index (χ0) is 14.0. The lowest BCUT2D eigenvalue weighted by Crippen LogP contribution is -2.07. The maximum absolute atomic E-state index is 13.7. The van der Waals surface area contributed by atoms with E-state index < -0.39 is 0 Å². The molecule has 1 atom stereocenters. The van der Waals surface area contributed by atoms with E-state index in [4.69, 9.17) is 5.73 Å². The Labute approximate surface area is 125 Å². The second-order valence-electron chi connectivity index (χ2n) is 4.46. The number of benzene rings is 2. The minimum atomic E-state index is -0.205. The highest BCUT2D eigenvalue weighted by Crippen LogP contribution is 2.37. The fraction of sp³-hybridized carbons (Fsp3) is 0.200. The third kappa shape index (κ3) is 3.38. The van der Waals surface area contributed by atoms with Crippen LogP contribution in [0.5, 0.6) is 0 Å². The van der Waals surface area contributed by atoms with E-state index in [1.165, 1.54) is 0 Å². The molecule has 2 aromatic rings. The first-order valence-electron chi connectivity index (χ1n) is 5.97. The first kappa shape index (κ1) is 14.6. The summed E-state index contributed by atoms with van der Waals surface area (Å²) < 4.78 is 14.7. The maximum Gasteiger partial charge on any atom is 0.126 e. The summed E-state index contributed by atoms with van der Waals surface area (Å²) in [5.41, 5.74) is 7.41. The molecule has 2 aromatic carbocycles. The first-order valence-corrected chi connectivity index (χ1v) is 7.58. The van der Waals surface area contributed by atoms with Crippen molar-refractivity contribution in [1.82, 2.24) is 0 Å². The number of nitrogens with two attached hydrogens (primary N) is 1. The Kier molecular flexibility index (Phi) is 4.66. The lowest BCUT2D eigenvalue weighted by atomic mass is 10.1. The molecule has 1 nitrogen and oxygen atoms in total. The Morgan fingerprint density at radius 2 is 1.89 bits per heavy atom. The van der Waals surface area contributed by atoms with Crippen LogP contribution in [-0.2, 0) is 0 Å². The van der Waals surface area contributed by atoms with E-state index in [2.05, 4.69) is 15.9 Å². The van der Waals surface area contributed by atoms with Gasteiger partial charge in [0.05, 0.1) is 0 Å². The van der Waals surface area contributed by atoms with Crippen LogP contribution >= 0.6 is 27.7 Å². The second kappa shape index (κ2) is 6.07. The predicted octanol–water partition coefficient (Wildman–Crippen LogP) is 5.07. The monoisotopic (exact) mass is 339 g/mol. The summed E-state index contributed by atoms with van der Waals surface area (Å²) in [6.07, 6.45) is 0. The molecule has 0 aliphatic heterocycles. The van der Waals surface area contributed by atoms with Crippen LogP contribution in [0.1, 0.15) is 24.1 Å². The van der Waals surface area contributed by atoms with Gasteiger partial charge in [0.1, 0.15) is 5.82 Å². The van der Waals surface area contributed by atoms with Crippen LogP contribution in [0, 0.1) is 12.7 Å². The average Bonchev–Trinajstić information content (AvgIpc) is 2.36. The van der Waals surface area contributed by atoms with Gasteiger partial charge in [0, 0.05) is 20.3 Å². The van der Waals surface area contributed by atoms with Gasteiger partial charge < -0.3 is 5.73 Å². The lowest BCUT2D eigenvalue weighted by molar-refractivity contribution is 0.610. The van der Waals surface area contributed by atoms with Crippen LogP contribution in [0.3, 0.4) is 0 Å². The van der Waals surface area contributed by atoms with Crippen molar-refractivity contribution >= 4 is 27.7 Å². The molecule has 2 N–H and O–H groups in total. The van der Waals surface area contributed by atoms with E-state index >= 15 is 0 Å². The summed E-state index contributed by atoms with van der Waals surface area (Å²) in [7, 11) is 0. The van der Waals surface area contributed by atoms with Crippen molar-refractivity contribution in [3.63, 3.8) is 0 Å². The third-order valence-corrected chi connectivity index (χ3v) is 4.94. The van der Waals surface area contributed by atoms with Crippen LogP contribution in [-0.4, -0.2) is 0 Å². The van der Waals surface area contributed by atoms with Gasteiger partial charge in [-0.1, -0.05) is 23.9 Å². The smallest absolute Gasteiger partial charge is 0.126 e. The first-order chi connectivity index (χ1) is 8.99. The number of hydrogen-bond acceptors (Lipinski definition) is 2. The fourth-order valence-corrected chi connectivity index (χ4v) is 3.44. The van der Waals surface area contributed by atoms with Gasteiger partial charge in [0.25, 0.3) is 0 Å². The second-order valence-corrected chi connectivity index (χ2v) is 6.40. The van der Waals surface area contributed by atoms with Crippen molar-refractivity contribution in [2.45, 2.75) is 29.7 Å². The largest absolute Gasteiger partial charge is 0.324 e. The fourth-order valence-electron chi connectivity index (χ4n) is 1.76. The van der Waals surface area contributed by atoms with Gasteiger partial charge in [-0.2, -0.15) is 0 Å². The minimum absolute atomic E-state index is 0.194. The van der Waals surface area contributed by atoms with Crippen LogP contribution in [0.4, 0.5) is 4.39 Å². The zero-order valence-corrected chi connectivity index (χ0v) is 13.2. The van der Waals surface area contributed by atoms with E-state index in [1.54, 1.807) is 24.8 Å². The molecule has 1 unspecified atom stereocenters. The van der Waals surface area contributed by atoms with Gasteiger partial charge in [-0.15, -0.1) is 0 Å². The molecule has 0 aliphatic rings. The molecule has 0 saturated carbocycles. The quantitative estimate of drug-likeness (QED) is 0.844. The summed E-state index contributed by atoms with van der Waals surface area (Å²) in [6, 6.07) is 11.2. The Bertz CT molecular complexity index is 599. The van der Waals surface area contributed by atoms with Gasteiger partial charge in [0.2, 0.25) is 0 Å². The zero-order valence-electron chi connectivity index (χ0n) is 10.8. The van der Waals surface area contributed by atoms with Crippen LogP contribution < -0.4 is 5.73 Å². The van der Waals surface area contributed by atoms with Crippen molar-refractivity contribution in [1.29, 1.82) is 0 Å². The number of hydrogen-bond donors (Lipinski definition) is 1. The Balaban J connectivity index is 2.45. The molecule has 0 heterocycles. The number of halogens is 2. The van der Waals surface area contributed by atoms with Crippen molar-refractivity contribution in [2.24, 2.45) is 5.73 Å². The highest BCUT2D eigenvalue weighted by Gasteiger charge is 2.13. The van der Waals surface area contributed by atoms with Crippen molar-refractivity contribution in [3.8, 4) is 0 Å². The maximum atomic E-state index is 13.7. The van der Waals surface area contributed by atoms with Gasteiger partial charge in [-0.25, -0.2) is 4.39 Å². The van der Waals surface area contributed by atoms with Crippen molar-refractivity contribution < 1.29 is 4.39 Å². The summed E-state index contributed by atoms with van der Waals surface area (Å²) in [5.74, 6) is -0.205. The normalized spacial score (nSPS) is 12.5. The summed E-state index contributed by atoms with van der Waals surface area (Å²) in [6.45, 7) is 3.64. The molecule has 0 bridgehead atoms. The highest BCUT2D eigenvalue weighted by molar-refractivity contribution is 9.10. The van der Waals surface area contributed by atoms with Gasteiger partial charge in [-0.3, -0.25) is 0 Å². The Hall–Kier alpha value is -0.840. The topological polar surface area (TPSA) is 26.0 Å². The van der Waals surface area contributed by atoms with Gasteiger partial charge in [-0.05, 0) is 65.2 Å². The summed E-state index contributed by atoms with van der Waals surface area (Å²) in [4.78, 5) is 2.09. The predicted molar refractivity (Wildman–Crippen MR) is 82.0 cm³/mol. The minimum Gasteiger partial charge on any atom is -0.324 e. The van der Waals surface area contributed by atoms with Crippen LogP contribution in [0.25, 0.3) is 0 Å². The summed E-state index contributed by atoms with van der Waals surface area (Å²) >= 11 is 5.12. The molecule has 19 heavy (non-hydrogen) atoms. The molecular formula is C15H15BrFNS. The van der Waals surface area contributed by atoms with E-state index in [1.807, 2.05) is 37.3 Å². The van der Waals surface area contributed by atoms with E-state index in [9.17, 15) is 4.39 Å². The summed E-state index contributed by atoms with van der Waals surface area (Å²) in [5, 5.41) is 0. The molecule has 0 radical (unpaired) electrons. The van der Waals surface area contributed by atoms with Gasteiger partial charge in [0.15, 0.2) is 0 Å². The molecule has 0 aliphatic carbocycles. The Morgan fingerprint density at radius 1 is 1.21 bits per heavy atom. The molecule has 0 aromatic heterocycles. The third-order valence-electron chi connectivity index (χ3n) is 2.84. The molecular weight excluding hydrogens is 325 g/mol. The molecule has 0 fully saturated rings. The lowest BCUT2D eigenvalue weighted by Gasteiger charge is -2.14. The van der Waals surface area contributed by atoms with Gasteiger partial charge >= 0.3 is 0 Å². The van der Waals surface area contributed by atoms with Crippen molar-refractivity contribution in [3.05, 3.63) is 57.8 Å². The molecule has 2 rings (SSSR count). The van der Waals surface area contributed by atoms with Crippen LogP contribution in [0.2, 0.25) is 0 Å². The Morgan fingerprint density at radius 3 is 2.53 bits per heavy atom. The molecule has 4 heteroatoms. The average molecular weight is 340 g/mol. The van der Waals surface area contributed by atoms with Crippen molar-refractivity contribution in [2.75, 3.05) is 0 Å².